The second-order valence-electron chi connectivity index (χ2n) is 6.29. The van der Waals surface area contributed by atoms with Crippen molar-refractivity contribution >= 4 is 23.5 Å². The van der Waals surface area contributed by atoms with Crippen molar-refractivity contribution in [1.29, 1.82) is 0 Å². The first-order valence-electron chi connectivity index (χ1n) is 7.61. The maximum absolute atomic E-state index is 12.6. The molecule has 0 bridgehead atoms. The number of carbonyl (C=O) groups is 2. The van der Waals surface area contributed by atoms with Gasteiger partial charge in [-0.2, -0.15) is 0 Å². The van der Waals surface area contributed by atoms with Gasteiger partial charge in [0.2, 0.25) is 0 Å². The number of hydrogen-bond acceptors (Lipinski definition) is 4. The van der Waals surface area contributed by atoms with E-state index in [4.69, 9.17) is 21.1 Å². The highest BCUT2D eigenvalue weighted by molar-refractivity contribution is 6.30. The second-order valence-corrected chi connectivity index (χ2v) is 6.73. The van der Waals surface area contributed by atoms with E-state index in [2.05, 4.69) is 0 Å². The Morgan fingerprint density at radius 3 is 2.17 bits per heavy atom. The third-order valence-corrected chi connectivity index (χ3v) is 4.32. The van der Waals surface area contributed by atoms with Crippen LogP contribution in [0.25, 0.3) is 0 Å². The summed E-state index contributed by atoms with van der Waals surface area (Å²) in [7, 11) is 1.86. The molecule has 0 spiro atoms. The molecule has 0 amide bonds. The van der Waals surface area contributed by atoms with Gasteiger partial charge in [-0.05, 0) is 29.8 Å². The Morgan fingerprint density at radius 1 is 1.08 bits per heavy atom. The van der Waals surface area contributed by atoms with E-state index in [1.807, 2.05) is 29.9 Å². The third-order valence-electron chi connectivity index (χ3n) is 4.07. The minimum atomic E-state index is -1.25. The van der Waals surface area contributed by atoms with Crippen molar-refractivity contribution in [2.75, 3.05) is 0 Å². The molecule has 1 aliphatic heterocycles. The second kappa shape index (κ2) is 5.98. The molecule has 2 heterocycles. The lowest BCUT2D eigenvalue weighted by atomic mass is 9.82. The normalized spacial score (nSPS) is 18.8. The van der Waals surface area contributed by atoms with Crippen molar-refractivity contribution in [2.45, 2.75) is 25.6 Å². The lowest BCUT2D eigenvalue weighted by Gasteiger charge is -2.36. The number of esters is 2. The van der Waals surface area contributed by atoms with Gasteiger partial charge in [0.25, 0.3) is 5.79 Å². The molecule has 1 aromatic heterocycles. The molecule has 2 aromatic rings. The molecule has 1 aliphatic rings. The van der Waals surface area contributed by atoms with E-state index < -0.39 is 29.6 Å². The maximum atomic E-state index is 12.6. The molecule has 1 fully saturated rings. The molecule has 1 aromatic carbocycles. The van der Waals surface area contributed by atoms with Crippen molar-refractivity contribution in [3.63, 3.8) is 0 Å². The number of carbonyl (C=O) groups excluding carboxylic acids is 2. The first-order valence-corrected chi connectivity index (χ1v) is 7.99. The summed E-state index contributed by atoms with van der Waals surface area (Å²) in [5.74, 6) is -4.00. The molecule has 6 heteroatoms. The van der Waals surface area contributed by atoms with Crippen LogP contribution < -0.4 is 0 Å². The average molecular weight is 348 g/mol. The van der Waals surface area contributed by atoms with Crippen molar-refractivity contribution in [3.8, 4) is 0 Å². The van der Waals surface area contributed by atoms with E-state index in [1.165, 1.54) is 0 Å². The van der Waals surface area contributed by atoms with Crippen LogP contribution in [0.1, 0.15) is 31.0 Å². The summed E-state index contributed by atoms with van der Waals surface area (Å²) in [6.07, 6.45) is 1.86. The Balaban J connectivity index is 2.08. The van der Waals surface area contributed by atoms with Crippen LogP contribution in [0.4, 0.5) is 0 Å². The van der Waals surface area contributed by atoms with Gasteiger partial charge < -0.3 is 14.0 Å². The molecular weight excluding hydrogens is 330 g/mol. The quantitative estimate of drug-likeness (QED) is 0.631. The zero-order valence-corrected chi connectivity index (χ0v) is 14.4. The molecule has 0 N–H and O–H groups in total. The zero-order chi connectivity index (χ0) is 17.5. The summed E-state index contributed by atoms with van der Waals surface area (Å²) in [6.45, 7) is 3.08. The Labute approximate surface area is 145 Å². The number of halogens is 1. The SMILES string of the molecule is Cn1cccc1C(c1ccc(Cl)cc1)C1C(=O)OC(C)(C)OC1=O. The van der Waals surface area contributed by atoms with Gasteiger partial charge in [0, 0.05) is 43.7 Å². The van der Waals surface area contributed by atoms with E-state index >= 15 is 0 Å². The van der Waals surface area contributed by atoms with E-state index in [1.54, 1.807) is 38.1 Å². The van der Waals surface area contributed by atoms with Crippen LogP contribution in [-0.4, -0.2) is 22.3 Å². The molecule has 24 heavy (non-hydrogen) atoms. The van der Waals surface area contributed by atoms with Crippen LogP contribution in [0.2, 0.25) is 5.02 Å². The molecular formula is C18H18ClNO4. The van der Waals surface area contributed by atoms with Gasteiger partial charge >= 0.3 is 11.9 Å². The number of benzene rings is 1. The molecule has 0 saturated carbocycles. The summed E-state index contributed by atoms with van der Waals surface area (Å²) in [5, 5.41) is 0.583. The van der Waals surface area contributed by atoms with E-state index in [9.17, 15) is 9.59 Å². The topological polar surface area (TPSA) is 57.5 Å². The minimum Gasteiger partial charge on any atom is -0.422 e. The Hall–Kier alpha value is -2.27. The zero-order valence-electron chi connectivity index (χ0n) is 13.7. The first-order chi connectivity index (χ1) is 11.3. The third kappa shape index (κ3) is 3.04. The minimum absolute atomic E-state index is 0.515. The van der Waals surface area contributed by atoms with Gasteiger partial charge in [-0.1, -0.05) is 23.7 Å². The summed E-state index contributed by atoms with van der Waals surface area (Å²) in [6, 6.07) is 10.8. The maximum Gasteiger partial charge on any atom is 0.324 e. The van der Waals surface area contributed by atoms with Gasteiger partial charge in [0.05, 0.1) is 0 Å². The highest BCUT2D eigenvalue weighted by atomic mass is 35.5. The Morgan fingerprint density at radius 2 is 1.67 bits per heavy atom. The smallest absolute Gasteiger partial charge is 0.324 e. The lowest BCUT2D eigenvalue weighted by Crippen LogP contribution is -2.48. The number of hydrogen-bond donors (Lipinski definition) is 0. The molecule has 0 radical (unpaired) electrons. The van der Waals surface area contributed by atoms with Crippen LogP contribution in [0, 0.1) is 5.92 Å². The van der Waals surface area contributed by atoms with Crippen LogP contribution in [0.3, 0.4) is 0 Å². The highest BCUT2D eigenvalue weighted by Gasteiger charge is 2.48. The van der Waals surface area contributed by atoms with Crippen LogP contribution in [0.5, 0.6) is 0 Å². The van der Waals surface area contributed by atoms with Gasteiger partial charge in [-0.25, -0.2) is 0 Å². The lowest BCUT2D eigenvalue weighted by molar-refractivity contribution is -0.240. The number of aryl methyl sites for hydroxylation is 1. The number of cyclic esters (lactones) is 2. The van der Waals surface area contributed by atoms with E-state index in [0.29, 0.717) is 5.02 Å². The Kier molecular flexibility index (Phi) is 4.13. The largest absolute Gasteiger partial charge is 0.422 e. The monoisotopic (exact) mass is 347 g/mol. The average Bonchev–Trinajstić information content (AvgIpc) is 2.89. The summed E-state index contributed by atoms with van der Waals surface area (Å²) in [5.41, 5.74) is 1.61. The molecule has 1 saturated heterocycles. The van der Waals surface area contributed by atoms with Crippen LogP contribution in [-0.2, 0) is 26.1 Å². The van der Waals surface area contributed by atoms with Gasteiger partial charge in [0.1, 0.15) is 0 Å². The number of rotatable bonds is 3. The van der Waals surface area contributed by atoms with Crippen molar-refractivity contribution in [2.24, 2.45) is 13.0 Å². The molecule has 1 unspecified atom stereocenters. The van der Waals surface area contributed by atoms with Crippen molar-refractivity contribution in [1.82, 2.24) is 4.57 Å². The molecule has 3 rings (SSSR count). The highest BCUT2D eigenvalue weighted by Crippen LogP contribution is 2.38. The molecule has 0 aliphatic carbocycles. The fourth-order valence-corrected chi connectivity index (χ4v) is 3.13. The molecule has 1 atom stereocenters. The summed E-state index contributed by atoms with van der Waals surface area (Å²) in [4.78, 5) is 25.1. The van der Waals surface area contributed by atoms with E-state index in [-0.39, 0.29) is 0 Å². The van der Waals surface area contributed by atoms with Crippen LogP contribution in [0.15, 0.2) is 42.6 Å². The van der Waals surface area contributed by atoms with Crippen LogP contribution >= 0.6 is 11.6 Å². The van der Waals surface area contributed by atoms with Crippen molar-refractivity contribution < 1.29 is 19.1 Å². The number of aromatic nitrogens is 1. The fraction of sp³-hybridized carbons (Fsp3) is 0.333. The van der Waals surface area contributed by atoms with E-state index in [0.717, 1.165) is 11.3 Å². The number of ether oxygens (including phenoxy) is 2. The van der Waals surface area contributed by atoms with Gasteiger partial charge in [-0.3, -0.25) is 9.59 Å². The van der Waals surface area contributed by atoms with Crippen molar-refractivity contribution in [3.05, 3.63) is 58.9 Å². The fourth-order valence-electron chi connectivity index (χ4n) is 3.00. The molecule has 5 nitrogen and oxygen atoms in total. The predicted molar refractivity (Wildman–Crippen MR) is 88.5 cm³/mol. The molecule has 126 valence electrons. The first kappa shape index (κ1) is 16.6. The summed E-state index contributed by atoms with van der Waals surface area (Å²) >= 11 is 5.96. The predicted octanol–water partition coefficient (Wildman–Crippen LogP) is 3.26. The standard InChI is InChI=1S/C18H18ClNO4/c1-18(2)23-16(21)15(17(22)24-18)14(13-5-4-10-20(13)3)11-6-8-12(19)9-7-11/h4-10,14-15H,1-3H3. The van der Waals surface area contributed by atoms with Gasteiger partial charge in [-0.15, -0.1) is 0 Å². The Bertz CT molecular complexity index is 759. The number of nitrogens with zero attached hydrogens (tertiary/aromatic N) is 1. The van der Waals surface area contributed by atoms with Gasteiger partial charge in [0.15, 0.2) is 5.92 Å². The summed E-state index contributed by atoms with van der Waals surface area (Å²) < 4.78 is 12.5.